The average molecular weight is 443 g/mol. The molecule has 31 heavy (non-hydrogen) atoms. The predicted molar refractivity (Wildman–Crippen MR) is 117 cm³/mol. The van der Waals surface area contributed by atoms with Gasteiger partial charge in [-0.05, 0) is 42.3 Å². The highest BCUT2D eigenvalue weighted by Gasteiger charge is 2.15. The van der Waals surface area contributed by atoms with E-state index in [1.807, 2.05) is 61.5 Å². The molecule has 0 unspecified atom stereocenters. The number of rotatable bonds is 11. The third kappa shape index (κ3) is 6.88. The van der Waals surface area contributed by atoms with Crippen molar-refractivity contribution in [1.82, 2.24) is 10.2 Å². The maximum atomic E-state index is 12.2. The van der Waals surface area contributed by atoms with Gasteiger partial charge < -0.3 is 14.7 Å². The molecule has 8 heteroatoms. The summed E-state index contributed by atoms with van der Waals surface area (Å²) in [5.74, 6) is 0.727. The van der Waals surface area contributed by atoms with Gasteiger partial charge >= 0.3 is 0 Å². The Bertz CT molecular complexity index is 1030. The van der Waals surface area contributed by atoms with E-state index in [4.69, 9.17) is 9.47 Å². The molecule has 0 aliphatic rings. The number of hydrogen-bond donors (Lipinski definition) is 3. The zero-order valence-electron chi connectivity index (χ0n) is 17.1. The number of hydroxylamine groups is 1. The second-order valence-corrected chi connectivity index (χ2v) is 8.68. The van der Waals surface area contributed by atoms with Gasteiger partial charge in [0.25, 0.3) is 0 Å². The quantitative estimate of drug-likeness (QED) is 0.310. The minimum absolute atomic E-state index is 0.0834. The van der Waals surface area contributed by atoms with Crippen molar-refractivity contribution >= 4 is 10.0 Å². The maximum Gasteiger partial charge on any atom is 0.242 e. The van der Waals surface area contributed by atoms with Crippen molar-refractivity contribution in [3.63, 3.8) is 0 Å². The number of sulfonamides is 1. The molecule has 3 N–H and O–H groups in total. The Balaban J connectivity index is 1.50. The summed E-state index contributed by atoms with van der Waals surface area (Å²) in [6.07, 6.45) is -0.536. The van der Waals surface area contributed by atoms with Gasteiger partial charge in [-0.1, -0.05) is 60.7 Å². The lowest BCUT2D eigenvalue weighted by atomic mass is 10.1. The molecule has 0 aromatic heterocycles. The van der Waals surface area contributed by atoms with E-state index in [0.717, 1.165) is 16.9 Å². The van der Waals surface area contributed by atoms with Crippen LogP contribution in [0.5, 0.6) is 5.75 Å². The lowest BCUT2D eigenvalue weighted by Gasteiger charge is -2.18. The first-order valence-electron chi connectivity index (χ1n) is 9.84. The van der Waals surface area contributed by atoms with E-state index >= 15 is 0 Å². The van der Waals surface area contributed by atoms with Crippen LogP contribution in [0.1, 0.15) is 24.2 Å². The van der Waals surface area contributed by atoms with E-state index < -0.39 is 16.3 Å². The topological polar surface area (TPSA) is 96.9 Å². The van der Waals surface area contributed by atoms with Crippen molar-refractivity contribution in [2.45, 2.75) is 30.6 Å². The van der Waals surface area contributed by atoms with Gasteiger partial charge in [0.15, 0.2) is 0 Å². The van der Waals surface area contributed by atoms with Crippen LogP contribution < -0.4 is 14.9 Å². The number of benzene rings is 3. The van der Waals surface area contributed by atoms with Crippen molar-refractivity contribution in [3.05, 3.63) is 96.1 Å². The number of ether oxygens (including phenoxy) is 2. The molecule has 0 saturated carbocycles. The lowest BCUT2D eigenvalue weighted by Crippen LogP contribution is -2.36. The number of hydrogen-bond acceptors (Lipinski definition) is 6. The van der Waals surface area contributed by atoms with E-state index in [1.54, 1.807) is 18.2 Å². The number of nitrogens with one attached hydrogen (secondary N) is 2. The van der Waals surface area contributed by atoms with Crippen LogP contribution >= 0.6 is 0 Å². The van der Waals surface area contributed by atoms with Crippen molar-refractivity contribution in [2.24, 2.45) is 0 Å². The van der Waals surface area contributed by atoms with Gasteiger partial charge in [0.1, 0.15) is 24.8 Å². The smallest absolute Gasteiger partial charge is 0.242 e. The third-order valence-corrected chi connectivity index (χ3v) is 6.05. The Hall–Kier alpha value is -2.75. The third-order valence-electron chi connectivity index (χ3n) is 4.66. The molecule has 0 saturated heterocycles. The average Bonchev–Trinajstić information content (AvgIpc) is 2.80. The first-order chi connectivity index (χ1) is 15.0. The molecule has 0 amide bonds. The summed E-state index contributed by atoms with van der Waals surface area (Å²) in [5.41, 5.74) is 4.03. The SMILES string of the molecule is C[C@H](Oc1ccc(C[C@@H](NO)OCNS(=O)(=O)c2ccccc2)cc1)c1ccccc1. The van der Waals surface area contributed by atoms with E-state index in [1.165, 1.54) is 12.1 Å². The molecule has 0 heterocycles. The van der Waals surface area contributed by atoms with Crippen molar-refractivity contribution in [3.8, 4) is 5.75 Å². The molecule has 0 bridgehead atoms. The van der Waals surface area contributed by atoms with Crippen LogP contribution in [0, 0.1) is 0 Å². The van der Waals surface area contributed by atoms with Gasteiger partial charge in [0.05, 0.1) is 4.90 Å². The predicted octanol–water partition coefficient (Wildman–Crippen LogP) is 3.63. The van der Waals surface area contributed by atoms with E-state index in [2.05, 4.69) is 10.2 Å². The summed E-state index contributed by atoms with van der Waals surface area (Å²) < 4.78 is 38.1. The van der Waals surface area contributed by atoms with Gasteiger partial charge in [-0.3, -0.25) is 0 Å². The normalized spacial score (nSPS) is 13.5. The van der Waals surface area contributed by atoms with E-state index in [-0.39, 0.29) is 17.7 Å². The molecule has 3 aromatic carbocycles. The Kier molecular flexibility index (Phi) is 8.16. The lowest BCUT2D eigenvalue weighted by molar-refractivity contribution is -0.0526. The second-order valence-electron chi connectivity index (χ2n) is 6.91. The maximum absolute atomic E-state index is 12.2. The molecule has 0 spiro atoms. The molecular weight excluding hydrogens is 416 g/mol. The summed E-state index contributed by atoms with van der Waals surface area (Å²) in [4.78, 5) is 0.146. The molecule has 3 aromatic rings. The Morgan fingerprint density at radius 1 is 0.903 bits per heavy atom. The molecule has 0 fully saturated rings. The first kappa shape index (κ1) is 22.9. The summed E-state index contributed by atoms with van der Waals surface area (Å²) in [5, 5.41) is 9.36. The van der Waals surface area contributed by atoms with Crippen molar-refractivity contribution in [2.75, 3.05) is 6.73 Å². The largest absolute Gasteiger partial charge is 0.486 e. The molecule has 0 aliphatic heterocycles. The Morgan fingerprint density at radius 3 is 2.13 bits per heavy atom. The highest BCUT2D eigenvalue weighted by Crippen LogP contribution is 2.22. The minimum atomic E-state index is -3.68. The van der Waals surface area contributed by atoms with Crippen LogP contribution in [-0.4, -0.2) is 26.6 Å². The summed E-state index contributed by atoms with van der Waals surface area (Å²) in [6.45, 7) is 1.70. The summed E-state index contributed by atoms with van der Waals surface area (Å²) >= 11 is 0. The van der Waals surface area contributed by atoms with Gasteiger partial charge in [-0.25, -0.2) is 8.42 Å². The zero-order chi connectivity index (χ0) is 22.1. The van der Waals surface area contributed by atoms with Crippen LogP contribution in [0.25, 0.3) is 0 Å². The fraction of sp³-hybridized carbons (Fsp3) is 0.217. The van der Waals surface area contributed by atoms with Gasteiger partial charge in [0, 0.05) is 6.42 Å². The molecule has 3 rings (SSSR count). The molecule has 0 aliphatic carbocycles. The standard InChI is InChI=1S/C23H26N2O5S/c1-18(20-8-4-2-5-9-20)30-21-14-12-19(13-15-21)16-23(25-26)29-17-24-31(27,28)22-10-6-3-7-11-22/h2-15,18,23-26H,16-17H2,1H3/t18-,23-/m0/s1. The second kappa shape index (κ2) is 11.0. The van der Waals surface area contributed by atoms with Crippen molar-refractivity contribution < 1.29 is 23.1 Å². The highest BCUT2D eigenvalue weighted by atomic mass is 32.2. The van der Waals surface area contributed by atoms with Crippen LogP contribution in [0.15, 0.2) is 89.8 Å². The first-order valence-corrected chi connectivity index (χ1v) is 11.3. The zero-order valence-corrected chi connectivity index (χ0v) is 18.0. The molecule has 2 atom stereocenters. The van der Waals surface area contributed by atoms with Crippen molar-refractivity contribution in [1.29, 1.82) is 0 Å². The van der Waals surface area contributed by atoms with Gasteiger partial charge in [-0.15, -0.1) is 0 Å². The van der Waals surface area contributed by atoms with Crippen LogP contribution in [0.2, 0.25) is 0 Å². The van der Waals surface area contributed by atoms with Gasteiger partial charge in [0.2, 0.25) is 10.0 Å². The van der Waals surface area contributed by atoms with E-state index in [9.17, 15) is 13.6 Å². The summed E-state index contributed by atoms with van der Waals surface area (Å²) in [6, 6.07) is 25.4. The molecule has 164 valence electrons. The fourth-order valence-electron chi connectivity index (χ4n) is 2.95. The van der Waals surface area contributed by atoms with Crippen LogP contribution in [0.4, 0.5) is 0 Å². The highest BCUT2D eigenvalue weighted by molar-refractivity contribution is 7.89. The van der Waals surface area contributed by atoms with Crippen LogP contribution in [0.3, 0.4) is 0 Å². The minimum Gasteiger partial charge on any atom is -0.486 e. The fourth-order valence-corrected chi connectivity index (χ4v) is 3.86. The molecule has 0 radical (unpaired) electrons. The van der Waals surface area contributed by atoms with Gasteiger partial charge in [-0.2, -0.15) is 10.2 Å². The monoisotopic (exact) mass is 442 g/mol. The van der Waals surface area contributed by atoms with E-state index in [0.29, 0.717) is 6.42 Å². The Morgan fingerprint density at radius 2 is 1.52 bits per heavy atom. The Labute approximate surface area is 182 Å². The molecule has 7 nitrogen and oxygen atoms in total. The summed E-state index contributed by atoms with van der Waals surface area (Å²) in [7, 11) is -3.68. The van der Waals surface area contributed by atoms with Crippen LogP contribution in [-0.2, 0) is 21.2 Å². The molecular formula is C23H26N2O5S.